The molecular formula is C16H22N2O6S. The summed E-state index contributed by atoms with van der Waals surface area (Å²) in [6.45, 7) is 4.74. The van der Waals surface area contributed by atoms with Gasteiger partial charge in [-0.2, -0.15) is 4.31 Å². The molecule has 0 heterocycles. The van der Waals surface area contributed by atoms with E-state index in [2.05, 4.69) is 10.1 Å². The van der Waals surface area contributed by atoms with Gasteiger partial charge in [-0.1, -0.05) is 13.8 Å². The molecule has 8 nitrogen and oxygen atoms in total. The van der Waals surface area contributed by atoms with Gasteiger partial charge in [0.25, 0.3) is 5.91 Å². The Hall–Kier alpha value is -2.26. The van der Waals surface area contributed by atoms with E-state index < -0.39 is 21.9 Å². The van der Waals surface area contributed by atoms with Gasteiger partial charge in [0.1, 0.15) is 13.2 Å². The Balaban J connectivity index is 2.71. The zero-order valence-corrected chi connectivity index (χ0v) is 15.3. The Morgan fingerprint density at radius 1 is 1.08 bits per heavy atom. The number of ketones is 1. The zero-order chi connectivity index (χ0) is 19.0. The average molecular weight is 370 g/mol. The number of sulfonamides is 1. The molecule has 1 amide bonds. The van der Waals surface area contributed by atoms with Gasteiger partial charge in [-0.3, -0.25) is 14.4 Å². The highest BCUT2D eigenvalue weighted by atomic mass is 32.2. The number of nitrogens with zero attached hydrogens (tertiary/aromatic N) is 1. The van der Waals surface area contributed by atoms with Crippen LogP contribution in [0.25, 0.3) is 0 Å². The maximum Gasteiger partial charge on any atom is 0.325 e. The molecule has 0 aliphatic carbocycles. The van der Waals surface area contributed by atoms with Crippen molar-refractivity contribution in [2.45, 2.75) is 25.7 Å². The lowest BCUT2D eigenvalue weighted by Crippen LogP contribution is -2.32. The van der Waals surface area contributed by atoms with Crippen LogP contribution in [0.1, 0.15) is 31.1 Å². The molecule has 0 atom stereocenters. The molecule has 138 valence electrons. The second-order valence-electron chi connectivity index (χ2n) is 5.16. The largest absolute Gasteiger partial charge is 0.456 e. The lowest BCUT2D eigenvalue weighted by molar-refractivity contribution is -0.146. The summed E-state index contributed by atoms with van der Waals surface area (Å²) >= 11 is 0. The fraction of sp³-hybridized carbons (Fsp3) is 0.438. The van der Waals surface area contributed by atoms with Crippen molar-refractivity contribution in [3.8, 4) is 0 Å². The lowest BCUT2D eigenvalue weighted by Gasteiger charge is -2.18. The molecule has 0 bridgehead atoms. The topological polar surface area (TPSA) is 110 Å². The number of ether oxygens (including phenoxy) is 1. The van der Waals surface area contributed by atoms with Crippen molar-refractivity contribution in [2.75, 3.05) is 26.2 Å². The van der Waals surface area contributed by atoms with Crippen molar-refractivity contribution in [3.05, 3.63) is 29.8 Å². The molecule has 1 aromatic rings. The molecular weight excluding hydrogens is 348 g/mol. The van der Waals surface area contributed by atoms with Crippen LogP contribution in [0.15, 0.2) is 29.2 Å². The van der Waals surface area contributed by atoms with E-state index in [9.17, 15) is 22.8 Å². The first-order valence-corrected chi connectivity index (χ1v) is 9.19. The number of Topliss-reactive ketones (excluding diaryl/α,β-unsaturated/α-hetero) is 1. The average Bonchev–Trinajstić information content (AvgIpc) is 2.58. The summed E-state index contributed by atoms with van der Waals surface area (Å²) in [5, 5.41) is 2.34. The molecule has 0 spiro atoms. The molecule has 1 aromatic carbocycles. The molecule has 0 saturated heterocycles. The number of nitrogens with one attached hydrogen (secondary N) is 1. The molecule has 25 heavy (non-hydrogen) atoms. The summed E-state index contributed by atoms with van der Waals surface area (Å²) < 4.78 is 30.6. The number of amides is 1. The number of benzene rings is 1. The highest BCUT2D eigenvalue weighted by Crippen LogP contribution is 2.16. The Labute approximate surface area is 147 Å². The van der Waals surface area contributed by atoms with Gasteiger partial charge in [-0.15, -0.1) is 0 Å². The van der Waals surface area contributed by atoms with Gasteiger partial charge in [0.2, 0.25) is 10.0 Å². The van der Waals surface area contributed by atoms with Crippen molar-refractivity contribution in [2.24, 2.45) is 0 Å². The quantitative estimate of drug-likeness (QED) is 0.637. The van der Waals surface area contributed by atoms with Crippen molar-refractivity contribution in [1.29, 1.82) is 0 Å². The maximum absolute atomic E-state index is 12.4. The predicted molar refractivity (Wildman–Crippen MR) is 90.5 cm³/mol. The molecule has 0 unspecified atom stereocenters. The Morgan fingerprint density at radius 3 is 2.12 bits per heavy atom. The number of rotatable bonds is 9. The second kappa shape index (κ2) is 9.28. The SMILES string of the molecule is CCN(CC)S(=O)(=O)c1ccc(C(=O)NCC(=O)OCC(C)=O)cc1. The van der Waals surface area contributed by atoms with Crippen LogP contribution in [0, 0.1) is 0 Å². The van der Waals surface area contributed by atoms with E-state index in [1.165, 1.54) is 35.5 Å². The summed E-state index contributed by atoms with van der Waals surface area (Å²) in [5.41, 5.74) is 0.206. The number of carbonyl (C=O) groups excluding carboxylic acids is 3. The van der Waals surface area contributed by atoms with Crippen molar-refractivity contribution in [1.82, 2.24) is 9.62 Å². The zero-order valence-electron chi connectivity index (χ0n) is 14.4. The molecule has 0 aliphatic heterocycles. The Kier molecular flexibility index (Phi) is 7.72. The molecule has 9 heteroatoms. The first-order valence-electron chi connectivity index (χ1n) is 7.75. The minimum absolute atomic E-state index is 0.0913. The van der Waals surface area contributed by atoms with Crippen molar-refractivity contribution >= 4 is 27.7 Å². The number of esters is 1. The first-order chi connectivity index (χ1) is 11.7. The van der Waals surface area contributed by atoms with Crippen LogP contribution >= 0.6 is 0 Å². The van der Waals surface area contributed by atoms with Gasteiger partial charge in [0, 0.05) is 18.7 Å². The van der Waals surface area contributed by atoms with Gasteiger partial charge < -0.3 is 10.1 Å². The third-order valence-electron chi connectivity index (χ3n) is 3.29. The summed E-state index contributed by atoms with van der Waals surface area (Å²) in [6, 6.07) is 5.42. The molecule has 0 saturated carbocycles. The van der Waals surface area contributed by atoms with E-state index in [0.717, 1.165) is 0 Å². The molecule has 0 fully saturated rings. The summed E-state index contributed by atoms with van der Waals surface area (Å²) in [5.74, 6) is -1.58. The van der Waals surface area contributed by atoms with Crippen LogP contribution in [0.5, 0.6) is 0 Å². The summed E-state index contributed by atoms with van der Waals surface area (Å²) in [6.07, 6.45) is 0. The Morgan fingerprint density at radius 2 is 1.64 bits per heavy atom. The monoisotopic (exact) mass is 370 g/mol. The van der Waals surface area contributed by atoms with Gasteiger partial charge in [0.05, 0.1) is 4.90 Å². The van der Waals surface area contributed by atoms with Crippen LogP contribution in [0.4, 0.5) is 0 Å². The van der Waals surface area contributed by atoms with E-state index in [1.807, 2.05) is 0 Å². The number of hydrogen-bond acceptors (Lipinski definition) is 6. The van der Waals surface area contributed by atoms with Gasteiger partial charge in [0.15, 0.2) is 5.78 Å². The second-order valence-corrected chi connectivity index (χ2v) is 7.10. The van der Waals surface area contributed by atoms with Crippen LogP contribution in [-0.2, 0) is 24.3 Å². The fourth-order valence-corrected chi connectivity index (χ4v) is 3.44. The normalized spacial score (nSPS) is 11.2. The highest BCUT2D eigenvalue weighted by Gasteiger charge is 2.21. The van der Waals surface area contributed by atoms with E-state index in [0.29, 0.717) is 13.1 Å². The summed E-state index contributed by atoms with van der Waals surface area (Å²) in [7, 11) is -3.59. The van der Waals surface area contributed by atoms with Crippen LogP contribution < -0.4 is 5.32 Å². The smallest absolute Gasteiger partial charge is 0.325 e. The van der Waals surface area contributed by atoms with Crippen LogP contribution in [0.2, 0.25) is 0 Å². The number of carbonyl (C=O) groups is 3. The lowest BCUT2D eigenvalue weighted by atomic mass is 10.2. The van der Waals surface area contributed by atoms with E-state index in [-0.39, 0.29) is 29.4 Å². The fourth-order valence-electron chi connectivity index (χ4n) is 1.98. The molecule has 0 radical (unpaired) electrons. The highest BCUT2D eigenvalue weighted by molar-refractivity contribution is 7.89. The van der Waals surface area contributed by atoms with Crippen molar-refractivity contribution < 1.29 is 27.5 Å². The van der Waals surface area contributed by atoms with Crippen LogP contribution in [-0.4, -0.2) is 56.6 Å². The van der Waals surface area contributed by atoms with Gasteiger partial charge in [-0.05, 0) is 31.2 Å². The molecule has 0 aliphatic rings. The van der Waals surface area contributed by atoms with Crippen molar-refractivity contribution in [3.63, 3.8) is 0 Å². The van der Waals surface area contributed by atoms with Gasteiger partial charge >= 0.3 is 5.97 Å². The predicted octanol–water partition coefficient (Wildman–Crippen LogP) is 0.579. The third kappa shape index (κ3) is 5.95. The first kappa shape index (κ1) is 20.8. The van der Waals surface area contributed by atoms with E-state index in [1.54, 1.807) is 13.8 Å². The minimum atomic E-state index is -3.59. The third-order valence-corrected chi connectivity index (χ3v) is 5.35. The van der Waals surface area contributed by atoms with E-state index in [4.69, 9.17) is 0 Å². The minimum Gasteiger partial charge on any atom is -0.456 e. The molecule has 1 N–H and O–H groups in total. The van der Waals surface area contributed by atoms with Gasteiger partial charge in [-0.25, -0.2) is 8.42 Å². The van der Waals surface area contributed by atoms with Crippen LogP contribution in [0.3, 0.4) is 0 Å². The molecule has 0 aromatic heterocycles. The maximum atomic E-state index is 12.4. The standard InChI is InChI=1S/C16H22N2O6S/c1-4-18(5-2)25(22,23)14-8-6-13(7-9-14)16(21)17-10-15(20)24-11-12(3)19/h6-9H,4-5,10-11H2,1-3H3,(H,17,21). The van der Waals surface area contributed by atoms with E-state index >= 15 is 0 Å². The summed E-state index contributed by atoms with van der Waals surface area (Å²) in [4.78, 5) is 34.1. The number of hydrogen-bond donors (Lipinski definition) is 1. The molecule has 1 rings (SSSR count). The Bertz CT molecular complexity index is 723.